The average molecular weight is 276 g/mol. The maximum atomic E-state index is 10.3. The van der Waals surface area contributed by atoms with Crippen molar-refractivity contribution in [3.05, 3.63) is 33.8 Å². The average Bonchev–Trinajstić information content (AvgIpc) is 2.25. The zero-order chi connectivity index (χ0) is 12.8. The maximum absolute atomic E-state index is 10.3. The number of nitrogens with one attached hydrogen (secondary N) is 1. The Morgan fingerprint density at radius 1 is 1.47 bits per heavy atom. The second-order valence-electron chi connectivity index (χ2n) is 4.07. The van der Waals surface area contributed by atoms with Gasteiger partial charge in [0.1, 0.15) is 0 Å². The van der Waals surface area contributed by atoms with Gasteiger partial charge in [-0.3, -0.25) is 0 Å². The summed E-state index contributed by atoms with van der Waals surface area (Å²) in [5, 5.41) is 12.1. The molecule has 0 aliphatic rings. The second-order valence-corrected chi connectivity index (χ2v) is 4.91. The number of aryl methyl sites for hydroxylation is 1. The predicted octanol–water partition coefficient (Wildman–Crippen LogP) is 3.83. The van der Waals surface area contributed by atoms with Gasteiger partial charge in [0.15, 0.2) is 0 Å². The molecule has 3 nitrogen and oxygen atoms in total. The van der Waals surface area contributed by atoms with Gasteiger partial charge in [-0.05, 0) is 36.5 Å². The summed E-state index contributed by atoms with van der Waals surface area (Å²) in [7, 11) is 0. The lowest BCUT2D eigenvalue weighted by atomic mass is 10.0. The van der Waals surface area contributed by atoms with Crippen LogP contribution < -0.4 is 5.32 Å². The van der Waals surface area contributed by atoms with E-state index in [9.17, 15) is 4.79 Å². The van der Waals surface area contributed by atoms with Gasteiger partial charge in [-0.15, -0.1) is 0 Å². The lowest BCUT2D eigenvalue weighted by molar-refractivity contribution is 0.192. The molecule has 5 heteroatoms. The number of rotatable bonds is 5. The van der Waals surface area contributed by atoms with Gasteiger partial charge in [-0.1, -0.05) is 36.2 Å². The van der Waals surface area contributed by atoms with Gasteiger partial charge in [0.05, 0.1) is 0 Å². The molecule has 0 bridgehead atoms. The van der Waals surface area contributed by atoms with Crippen LogP contribution in [0.25, 0.3) is 0 Å². The fraction of sp³-hybridized carbons (Fsp3) is 0.417. The lowest BCUT2D eigenvalue weighted by Crippen LogP contribution is -2.26. The Morgan fingerprint density at radius 3 is 2.76 bits per heavy atom. The van der Waals surface area contributed by atoms with Crippen molar-refractivity contribution in [3.63, 3.8) is 0 Å². The summed E-state index contributed by atoms with van der Waals surface area (Å²) in [6.07, 6.45) is 0.710. The molecule has 0 heterocycles. The van der Waals surface area contributed by atoms with Crippen LogP contribution in [0.2, 0.25) is 10.0 Å². The molecule has 0 aliphatic carbocycles. The molecule has 1 aromatic carbocycles. The third-order valence-corrected chi connectivity index (χ3v) is 3.11. The van der Waals surface area contributed by atoms with Crippen molar-refractivity contribution in [1.29, 1.82) is 0 Å². The normalized spacial score (nSPS) is 12.2. The van der Waals surface area contributed by atoms with Crippen LogP contribution in [-0.2, 0) is 6.42 Å². The van der Waals surface area contributed by atoms with E-state index in [1.165, 1.54) is 0 Å². The van der Waals surface area contributed by atoms with Crippen molar-refractivity contribution < 1.29 is 9.90 Å². The molecule has 0 radical (unpaired) electrons. The van der Waals surface area contributed by atoms with Crippen molar-refractivity contribution in [3.8, 4) is 0 Å². The van der Waals surface area contributed by atoms with Crippen LogP contribution in [0.1, 0.15) is 18.9 Å². The summed E-state index contributed by atoms with van der Waals surface area (Å²) in [6, 6.07) is 5.43. The number of hydrogen-bond acceptors (Lipinski definition) is 1. The Morgan fingerprint density at radius 2 is 2.18 bits per heavy atom. The summed E-state index contributed by atoms with van der Waals surface area (Å²) in [5.41, 5.74) is 1.04. The van der Waals surface area contributed by atoms with E-state index in [1.54, 1.807) is 6.07 Å². The number of carboxylic acid groups (broad SMARTS) is 1. The van der Waals surface area contributed by atoms with Crippen LogP contribution in [0.15, 0.2) is 18.2 Å². The van der Waals surface area contributed by atoms with Crippen LogP contribution in [0.3, 0.4) is 0 Å². The third kappa shape index (κ3) is 5.29. The largest absolute Gasteiger partial charge is 0.465 e. The molecule has 0 saturated heterocycles. The monoisotopic (exact) mass is 275 g/mol. The molecule has 0 fully saturated rings. The summed E-state index contributed by atoms with van der Waals surface area (Å²) in [5.74, 6) is 0.276. The zero-order valence-corrected chi connectivity index (χ0v) is 11.1. The molecular formula is C12H15Cl2NO2. The van der Waals surface area contributed by atoms with Gasteiger partial charge < -0.3 is 10.4 Å². The van der Waals surface area contributed by atoms with Gasteiger partial charge in [-0.25, -0.2) is 4.79 Å². The molecule has 0 saturated carbocycles. The Labute approximate surface area is 111 Å². The minimum Gasteiger partial charge on any atom is -0.465 e. The molecule has 17 heavy (non-hydrogen) atoms. The molecule has 0 aliphatic heterocycles. The van der Waals surface area contributed by atoms with E-state index >= 15 is 0 Å². The first kappa shape index (κ1) is 14.1. The van der Waals surface area contributed by atoms with Crippen LogP contribution >= 0.6 is 23.2 Å². The fourth-order valence-corrected chi connectivity index (χ4v) is 1.99. The molecular weight excluding hydrogens is 261 g/mol. The highest BCUT2D eigenvalue weighted by molar-refractivity contribution is 6.35. The van der Waals surface area contributed by atoms with E-state index in [0.717, 1.165) is 18.4 Å². The predicted molar refractivity (Wildman–Crippen MR) is 70.0 cm³/mol. The van der Waals surface area contributed by atoms with E-state index < -0.39 is 6.09 Å². The van der Waals surface area contributed by atoms with E-state index in [4.69, 9.17) is 28.3 Å². The maximum Gasteiger partial charge on any atom is 0.404 e. The van der Waals surface area contributed by atoms with E-state index in [-0.39, 0.29) is 5.92 Å². The molecule has 1 atom stereocenters. The zero-order valence-electron chi connectivity index (χ0n) is 9.54. The summed E-state index contributed by atoms with van der Waals surface area (Å²) < 4.78 is 0. The first-order chi connectivity index (χ1) is 7.99. The molecule has 0 spiro atoms. The Kier molecular flexibility index (Phi) is 5.59. The van der Waals surface area contributed by atoms with E-state index in [2.05, 4.69) is 5.32 Å². The van der Waals surface area contributed by atoms with E-state index in [1.807, 2.05) is 19.1 Å². The van der Waals surface area contributed by atoms with Crippen molar-refractivity contribution in [2.75, 3.05) is 6.54 Å². The number of hydrogen-bond donors (Lipinski definition) is 2. The Bertz CT molecular complexity index is 396. The van der Waals surface area contributed by atoms with Crippen molar-refractivity contribution in [2.24, 2.45) is 5.92 Å². The van der Waals surface area contributed by atoms with Crippen LogP contribution in [0.5, 0.6) is 0 Å². The summed E-state index contributed by atoms with van der Waals surface area (Å²) >= 11 is 11.9. The van der Waals surface area contributed by atoms with Gasteiger partial charge in [0.2, 0.25) is 0 Å². The van der Waals surface area contributed by atoms with E-state index in [0.29, 0.717) is 16.6 Å². The fourth-order valence-electron chi connectivity index (χ4n) is 1.49. The molecule has 1 amide bonds. The van der Waals surface area contributed by atoms with Gasteiger partial charge in [-0.2, -0.15) is 0 Å². The minimum absolute atomic E-state index is 0.276. The number of halogens is 2. The van der Waals surface area contributed by atoms with Gasteiger partial charge in [0.25, 0.3) is 0 Å². The highest BCUT2D eigenvalue weighted by Gasteiger charge is 2.07. The third-order valence-electron chi connectivity index (χ3n) is 2.52. The Hall–Kier alpha value is -0.930. The van der Waals surface area contributed by atoms with Gasteiger partial charge >= 0.3 is 6.09 Å². The number of carbonyl (C=O) groups is 1. The molecule has 94 valence electrons. The number of amides is 1. The molecule has 0 aromatic heterocycles. The lowest BCUT2D eigenvalue weighted by Gasteiger charge is -2.11. The Balaban J connectivity index is 2.41. The second kappa shape index (κ2) is 6.72. The van der Waals surface area contributed by atoms with Gasteiger partial charge in [0, 0.05) is 16.6 Å². The van der Waals surface area contributed by atoms with Crippen molar-refractivity contribution in [1.82, 2.24) is 5.32 Å². The van der Waals surface area contributed by atoms with Crippen molar-refractivity contribution >= 4 is 29.3 Å². The highest BCUT2D eigenvalue weighted by Crippen LogP contribution is 2.23. The first-order valence-electron chi connectivity index (χ1n) is 5.39. The van der Waals surface area contributed by atoms with Crippen LogP contribution in [-0.4, -0.2) is 17.7 Å². The smallest absolute Gasteiger partial charge is 0.404 e. The molecule has 2 N–H and O–H groups in total. The molecule has 1 rings (SSSR count). The highest BCUT2D eigenvalue weighted by atomic mass is 35.5. The molecule has 1 aromatic rings. The van der Waals surface area contributed by atoms with Crippen LogP contribution in [0, 0.1) is 5.92 Å². The first-order valence-corrected chi connectivity index (χ1v) is 6.15. The quantitative estimate of drug-likeness (QED) is 0.858. The number of benzene rings is 1. The van der Waals surface area contributed by atoms with Crippen LogP contribution in [0.4, 0.5) is 4.79 Å². The standard InChI is InChI=1S/C12H15Cl2NO2/c1-8(7-15-12(16)17)2-3-9-4-5-10(13)6-11(9)14/h4-6,8,15H,2-3,7H2,1H3,(H,16,17). The SMILES string of the molecule is CC(CCc1ccc(Cl)cc1Cl)CNC(=O)O. The summed E-state index contributed by atoms with van der Waals surface area (Å²) in [6.45, 7) is 2.46. The van der Waals surface area contributed by atoms with Crippen molar-refractivity contribution in [2.45, 2.75) is 19.8 Å². The molecule has 1 unspecified atom stereocenters. The summed E-state index contributed by atoms with van der Waals surface area (Å²) in [4.78, 5) is 10.3. The topological polar surface area (TPSA) is 49.3 Å². The minimum atomic E-state index is -0.985.